The van der Waals surface area contributed by atoms with E-state index in [0.717, 1.165) is 5.56 Å². The van der Waals surface area contributed by atoms with Crippen molar-refractivity contribution >= 4 is 11.4 Å². The van der Waals surface area contributed by atoms with Crippen LogP contribution in [0.4, 0.5) is 15.8 Å². The molecule has 3 nitrogen and oxygen atoms in total. The second-order valence-electron chi connectivity index (χ2n) is 4.70. The molecule has 20 heavy (non-hydrogen) atoms. The number of hydrogen-bond acceptors (Lipinski definition) is 3. The molecule has 0 spiro atoms. The lowest BCUT2D eigenvalue weighted by atomic mass is 10.0. The van der Waals surface area contributed by atoms with E-state index in [1.165, 1.54) is 6.07 Å². The maximum Gasteiger partial charge on any atom is 0.143 e. The molecule has 0 heterocycles. The van der Waals surface area contributed by atoms with E-state index in [-0.39, 0.29) is 11.6 Å². The molecule has 0 saturated heterocycles. The highest BCUT2D eigenvalue weighted by molar-refractivity contribution is 5.60. The van der Waals surface area contributed by atoms with E-state index in [2.05, 4.69) is 0 Å². The van der Waals surface area contributed by atoms with Crippen LogP contribution >= 0.6 is 0 Å². The second-order valence-corrected chi connectivity index (χ2v) is 4.70. The van der Waals surface area contributed by atoms with Gasteiger partial charge in [-0.2, -0.15) is 5.26 Å². The number of halogens is 1. The molecule has 0 saturated carbocycles. The molecule has 0 amide bonds. The van der Waals surface area contributed by atoms with E-state index in [1.807, 2.05) is 49.2 Å². The van der Waals surface area contributed by atoms with Gasteiger partial charge >= 0.3 is 0 Å². The molecule has 102 valence electrons. The molecule has 0 aliphatic rings. The Morgan fingerprint density at radius 1 is 1.25 bits per heavy atom. The van der Waals surface area contributed by atoms with Crippen LogP contribution in [-0.2, 0) is 0 Å². The molecule has 0 aromatic heterocycles. The van der Waals surface area contributed by atoms with E-state index < -0.39 is 5.82 Å². The number of nitrogens with zero attached hydrogens (tertiary/aromatic N) is 2. The summed E-state index contributed by atoms with van der Waals surface area (Å²) in [7, 11) is 1.84. The van der Waals surface area contributed by atoms with Crippen molar-refractivity contribution in [3.63, 3.8) is 0 Å². The van der Waals surface area contributed by atoms with Crippen molar-refractivity contribution in [2.45, 2.75) is 13.0 Å². The number of benzene rings is 2. The minimum atomic E-state index is -0.503. The summed E-state index contributed by atoms with van der Waals surface area (Å²) in [6, 6.07) is 14.1. The van der Waals surface area contributed by atoms with Crippen molar-refractivity contribution in [3.05, 3.63) is 59.4 Å². The molecule has 0 aliphatic heterocycles. The summed E-state index contributed by atoms with van der Waals surface area (Å²) in [5.41, 5.74) is 8.11. The second kappa shape index (κ2) is 5.62. The van der Waals surface area contributed by atoms with Gasteiger partial charge in [-0.15, -0.1) is 0 Å². The van der Waals surface area contributed by atoms with Crippen molar-refractivity contribution in [2.24, 2.45) is 0 Å². The van der Waals surface area contributed by atoms with Crippen LogP contribution in [0.1, 0.15) is 24.1 Å². The summed E-state index contributed by atoms with van der Waals surface area (Å²) in [5, 5.41) is 9.11. The van der Waals surface area contributed by atoms with Gasteiger partial charge < -0.3 is 10.6 Å². The quantitative estimate of drug-likeness (QED) is 0.868. The average Bonchev–Trinajstić information content (AvgIpc) is 2.45. The first kappa shape index (κ1) is 13.9. The predicted octanol–water partition coefficient (Wildman–Crippen LogP) is 3.48. The monoisotopic (exact) mass is 269 g/mol. The molecular weight excluding hydrogens is 253 g/mol. The van der Waals surface area contributed by atoms with Gasteiger partial charge in [0, 0.05) is 12.7 Å². The summed E-state index contributed by atoms with van der Waals surface area (Å²) < 4.78 is 13.7. The van der Waals surface area contributed by atoms with Crippen molar-refractivity contribution in [1.29, 1.82) is 5.26 Å². The van der Waals surface area contributed by atoms with E-state index in [0.29, 0.717) is 11.4 Å². The Balaban J connectivity index is 2.39. The molecule has 2 rings (SSSR count). The fraction of sp³-hybridized carbons (Fsp3) is 0.188. The normalized spacial score (nSPS) is 11.7. The van der Waals surface area contributed by atoms with Gasteiger partial charge in [0.05, 0.1) is 11.7 Å². The summed E-state index contributed by atoms with van der Waals surface area (Å²) in [6.45, 7) is 1.99. The Labute approximate surface area is 118 Å². The summed E-state index contributed by atoms with van der Waals surface area (Å²) in [4.78, 5) is 1.87. The minimum absolute atomic E-state index is 0.0209. The molecule has 0 fully saturated rings. The third-order valence-corrected chi connectivity index (χ3v) is 3.46. The van der Waals surface area contributed by atoms with Crippen LogP contribution in [0, 0.1) is 17.1 Å². The topological polar surface area (TPSA) is 53.0 Å². The van der Waals surface area contributed by atoms with E-state index in [4.69, 9.17) is 11.0 Å². The van der Waals surface area contributed by atoms with Gasteiger partial charge in [-0.1, -0.05) is 18.2 Å². The van der Waals surface area contributed by atoms with Crippen molar-refractivity contribution in [2.75, 3.05) is 17.7 Å². The summed E-state index contributed by atoms with van der Waals surface area (Å²) in [5.74, 6) is -0.503. The Morgan fingerprint density at radius 2 is 1.95 bits per heavy atom. The zero-order valence-electron chi connectivity index (χ0n) is 11.5. The van der Waals surface area contributed by atoms with Crippen LogP contribution < -0.4 is 10.6 Å². The Bertz CT molecular complexity index is 661. The van der Waals surface area contributed by atoms with Crippen LogP contribution in [0.3, 0.4) is 0 Å². The van der Waals surface area contributed by atoms with Gasteiger partial charge in [-0.25, -0.2) is 4.39 Å². The minimum Gasteiger partial charge on any atom is -0.399 e. The third-order valence-electron chi connectivity index (χ3n) is 3.46. The first-order chi connectivity index (χ1) is 9.54. The molecule has 1 unspecified atom stereocenters. The van der Waals surface area contributed by atoms with Crippen molar-refractivity contribution < 1.29 is 4.39 Å². The van der Waals surface area contributed by atoms with Crippen LogP contribution in [0.15, 0.2) is 42.5 Å². The van der Waals surface area contributed by atoms with Gasteiger partial charge in [-0.3, -0.25) is 0 Å². The highest BCUT2D eigenvalue weighted by atomic mass is 19.1. The molecule has 0 bridgehead atoms. The third kappa shape index (κ3) is 2.57. The van der Waals surface area contributed by atoms with Gasteiger partial charge in [0.1, 0.15) is 17.4 Å². The average molecular weight is 269 g/mol. The molecular formula is C16H16FN3. The smallest absolute Gasteiger partial charge is 0.143 e. The number of anilines is 2. The number of nitriles is 1. The maximum absolute atomic E-state index is 13.7. The fourth-order valence-electron chi connectivity index (χ4n) is 2.17. The molecule has 0 radical (unpaired) electrons. The number of nitrogens with two attached hydrogens (primary N) is 1. The van der Waals surface area contributed by atoms with Gasteiger partial charge in [0.15, 0.2) is 0 Å². The van der Waals surface area contributed by atoms with Gasteiger partial charge in [0.2, 0.25) is 0 Å². The van der Waals surface area contributed by atoms with Crippen molar-refractivity contribution in [1.82, 2.24) is 0 Å². The Hall–Kier alpha value is -2.54. The van der Waals surface area contributed by atoms with Gasteiger partial charge in [0.25, 0.3) is 0 Å². The van der Waals surface area contributed by atoms with E-state index >= 15 is 0 Å². The number of nitrogen functional groups attached to an aromatic ring is 1. The maximum atomic E-state index is 13.7. The van der Waals surface area contributed by atoms with Crippen LogP contribution in [0.5, 0.6) is 0 Å². The standard InChI is InChI=1S/C16H16FN3/c1-11(12-5-3-6-13(19)9-12)20(2)16-8-4-7-15(17)14(16)10-18/h3-9,11H,19H2,1-2H3. The van der Waals surface area contributed by atoms with Crippen LogP contribution in [0.25, 0.3) is 0 Å². The number of rotatable bonds is 3. The predicted molar refractivity (Wildman–Crippen MR) is 78.8 cm³/mol. The SMILES string of the molecule is CC(c1cccc(N)c1)N(C)c1cccc(F)c1C#N. The first-order valence-electron chi connectivity index (χ1n) is 6.31. The Morgan fingerprint density at radius 3 is 2.60 bits per heavy atom. The van der Waals surface area contributed by atoms with Gasteiger partial charge in [-0.05, 0) is 36.8 Å². The molecule has 1 atom stereocenters. The van der Waals surface area contributed by atoms with Crippen LogP contribution in [0.2, 0.25) is 0 Å². The number of hydrogen-bond donors (Lipinski definition) is 1. The van der Waals surface area contributed by atoms with E-state index in [1.54, 1.807) is 12.1 Å². The lowest BCUT2D eigenvalue weighted by Crippen LogP contribution is -2.23. The molecule has 4 heteroatoms. The lowest BCUT2D eigenvalue weighted by Gasteiger charge is -2.28. The molecule has 2 aromatic rings. The molecule has 0 aliphatic carbocycles. The lowest BCUT2D eigenvalue weighted by molar-refractivity contribution is 0.621. The summed E-state index contributed by atoms with van der Waals surface area (Å²) in [6.07, 6.45) is 0. The zero-order chi connectivity index (χ0) is 14.7. The van der Waals surface area contributed by atoms with Crippen LogP contribution in [-0.4, -0.2) is 7.05 Å². The highest BCUT2D eigenvalue weighted by Crippen LogP contribution is 2.29. The molecule has 2 aromatic carbocycles. The summed E-state index contributed by atoms with van der Waals surface area (Å²) >= 11 is 0. The molecule has 2 N–H and O–H groups in total. The zero-order valence-corrected chi connectivity index (χ0v) is 11.5. The highest BCUT2D eigenvalue weighted by Gasteiger charge is 2.17. The fourth-order valence-corrected chi connectivity index (χ4v) is 2.17. The Kier molecular flexibility index (Phi) is 3.90. The first-order valence-corrected chi connectivity index (χ1v) is 6.31. The largest absolute Gasteiger partial charge is 0.399 e. The van der Waals surface area contributed by atoms with Crippen molar-refractivity contribution in [3.8, 4) is 6.07 Å². The van der Waals surface area contributed by atoms with E-state index in [9.17, 15) is 4.39 Å².